The van der Waals surface area contributed by atoms with Crippen LogP contribution in [0.5, 0.6) is 0 Å². The molecule has 0 spiro atoms. The number of nitrogens with zero attached hydrogens (tertiary/aromatic N) is 3. The van der Waals surface area contributed by atoms with Crippen LogP contribution in [0.15, 0.2) is 12.4 Å². The number of nitrogens with one attached hydrogen (secondary N) is 1. The third-order valence-electron chi connectivity index (χ3n) is 3.18. The van der Waals surface area contributed by atoms with Crippen LogP contribution in [0, 0.1) is 11.3 Å². The van der Waals surface area contributed by atoms with E-state index in [4.69, 9.17) is 5.26 Å². The highest BCUT2D eigenvalue weighted by Crippen LogP contribution is 2.30. The van der Waals surface area contributed by atoms with E-state index in [1.165, 1.54) is 19.3 Å². The van der Waals surface area contributed by atoms with Crippen molar-refractivity contribution in [3.8, 4) is 6.07 Å². The first kappa shape index (κ1) is 10.9. The summed E-state index contributed by atoms with van der Waals surface area (Å²) < 4.78 is 0. The van der Waals surface area contributed by atoms with E-state index in [-0.39, 0.29) is 5.54 Å². The molecule has 1 heterocycles. The van der Waals surface area contributed by atoms with Gasteiger partial charge in [0.15, 0.2) is 11.5 Å². The first-order chi connectivity index (χ1) is 7.73. The number of nitriles is 1. The zero-order valence-electron chi connectivity index (χ0n) is 9.53. The van der Waals surface area contributed by atoms with E-state index in [0.29, 0.717) is 11.5 Å². The fourth-order valence-corrected chi connectivity index (χ4v) is 2.25. The van der Waals surface area contributed by atoms with E-state index >= 15 is 0 Å². The molecule has 0 radical (unpaired) electrons. The van der Waals surface area contributed by atoms with E-state index in [1.807, 2.05) is 0 Å². The first-order valence-corrected chi connectivity index (χ1v) is 5.73. The summed E-state index contributed by atoms with van der Waals surface area (Å²) in [5.41, 5.74) is 0.453. The predicted octanol–water partition coefficient (Wildman–Crippen LogP) is 2.48. The van der Waals surface area contributed by atoms with Crippen molar-refractivity contribution >= 4 is 5.82 Å². The van der Waals surface area contributed by atoms with Crippen molar-refractivity contribution in [3.05, 3.63) is 18.1 Å². The van der Waals surface area contributed by atoms with Crippen LogP contribution in [0.1, 0.15) is 44.7 Å². The van der Waals surface area contributed by atoms with E-state index in [1.54, 1.807) is 12.4 Å². The van der Waals surface area contributed by atoms with Gasteiger partial charge in [0.25, 0.3) is 0 Å². The molecule has 1 N–H and O–H groups in total. The summed E-state index contributed by atoms with van der Waals surface area (Å²) in [5, 5.41) is 12.3. The summed E-state index contributed by atoms with van der Waals surface area (Å²) in [7, 11) is 0. The predicted molar refractivity (Wildman–Crippen MR) is 61.9 cm³/mol. The Kier molecular flexibility index (Phi) is 3.04. The zero-order chi connectivity index (χ0) is 11.4. The van der Waals surface area contributed by atoms with Crippen LogP contribution in [-0.2, 0) is 0 Å². The van der Waals surface area contributed by atoms with Crippen molar-refractivity contribution in [2.45, 2.75) is 44.6 Å². The van der Waals surface area contributed by atoms with Crippen molar-refractivity contribution in [1.82, 2.24) is 9.97 Å². The second kappa shape index (κ2) is 4.48. The van der Waals surface area contributed by atoms with Gasteiger partial charge in [-0.2, -0.15) is 5.26 Å². The Morgan fingerprint density at radius 3 is 2.62 bits per heavy atom. The number of rotatable bonds is 2. The van der Waals surface area contributed by atoms with Gasteiger partial charge in [0.2, 0.25) is 0 Å². The third-order valence-corrected chi connectivity index (χ3v) is 3.18. The average molecular weight is 216 g/mol. The van der Waals surface area contributed by atoms with Crippen LogP contribution in [0.2, 0.25) is 0 Å². The van der Waals surface area contributed by atoms with Gasteiger partial charge in [0, 0.05) is 17.9 Å². The van der Waals surface area contributed by atoms with Gasteiger partial charge < -0.3 is 5.32 Å². The third kappa shape index (κ3) is 2.30. The van der Waals surface area contributed by atoms with E-state index in [9.17, 15) is 0 Å². The largest absolute Gasteiger partial charge is 0.363 e. The summed E-state index contributed by atoms with van der Waals surface area (Å²) in [6, 6.07) is 2.07. The maximum atomic E-state index is 8.94. The van der Waals surface area contributed by atoms with Crippen LogP contribution in [-0.4, -0.2) is 15.5 Å². The molecule has 0 bridgehead atoms. The molecule has 0 saturated heterocycles. The molecule has 4 nitrogen and oxygen atoms in total. The average Bonchev–Trinajstić information content (AvgIpc) is 2.30. The molecule has 0 amide bonds. The molecule has 1 fully saturated rings. The Morgan fingerprint density at radius 2 is 1.94 bits per heavy atom. The van der Waals surface area contributed by atoms with Crippen molar-refractivity contribution < 1.29 is 0 Å². The molecule has 0 unspecified atom stereocenters. The molecular formula is C12H16N4. The number of anilines is 1. The van der Waals surface area contributed by atoms with E-state index < -0.39 is 0 Å². The quantitative estimate of drug-likeness (QED) is 0.825. The van der Waals surface area contributed by atoms with Crippen LogP contribution < -0.4 is 5.32 Å². The monoisotopic (exact) mass is 216 g/mol. The van der Waals surface area contributed by atoms with Crippen molar-refractivity contribution in [3.63, 3.8) is 0 Å². The minimum Gasteiger partial charge on any atom is -0.363 e. The van der Waals surface area contributed by atoms with Gasteiger partial charge in [0.1, 0.15) is 6.07 Å². The van der Waals surface area contributed by atoms with Gasteiger partial charge in [0.05, 0.1) is 0 Å². The molecule has 84 valence electrons. The molecule has 1 saturated carbocycles. The maximum Gasteiger partial charge on any atom is 0.182 e. The van der Waals surface area contributed by atoms with Gasteiger partial charge in [-0.15, -0.1) is 0 Å². The summed E-state index contributed by atoms with van der Waals surface area (Å²) in [5.74, 6) is 0.620. The van der Waals surface area contributed by atoms with Crippen LogP contribution in [0.4, 0.5) is 5.82 Å². The van der Waals surface area contributed by atoms with Crippen LogP contribution >= 0.6 is 0 Å². The molecule has 4 heteroatoms. The summed E-state index contributed by atoms with van der Waals surface area (Å²) in [6.45, 7) is 2.20. The highest BCUT2D eigenvalue weighted by atomic mass is 15.1. The van der Waals surface area contributed by atoms with Gasteiger partial charge >= 0.3 is 0 Å². The summed E-state index contributed by atoms with van der Waals surface area (Å²) >= 11 is 0. The lowest BCUT2D eigenvalue weighted by molar-refractivity contribution is 0.348. The van der Waals surface area contributed by atoms with Gasteiger partial charge in [-0.05, 0) is 19.8 Å². The Hall–Kier alpha value is -1.63. The standard InChI is InChI=1S/C12H16N4/c1-12(5-3-2-4-6-12)16-11-10(9-13)14-7-8-15-11/h7-8H,2-6H2,1H3,(H,15,16). The van der Waals surface area contributed by atoms with Crippen LogP contribution in [0.3, 0.4) is 0 Å². The second-order valence-corrected chi connectivity index (χ2v) is 4.61. The molecule has 0 aromatic carbocycles. The smallest absolute Gasteiger partial charge is 0.182 e. The lowest BCUT2D eigenvalue weighted by Crippen LogP contribution is -2.37. The Bertz CT molecular complexity index is 402. The minimum absolute atomic E-state index is 0.0693. The molecule has 0 atom stereocenters. The highest BCUT2D eigenvalue weighted by Gasteiger charge is 2.27. The lowest BCUT2D eigenvalue weighted by Gasteiger charge is -2.35. The van der Waals surface area contributed by atoms with Crippen molar-refractivity contribution in [2.75, 3.05) is 5.32 Å². The Morgan fingerprint density at radius 1 is 1.25 bits per heavy atom. The highest BCUT2D eigenvalue weighted by molar-refractivity contribution is 5.48. The first-order valence-electron chi connectivity index (χ1n) is 5.73. The topological polar surface area (TPSA) is 61.6 Å². The molecular weight excluding hydrogens is 200 g/mol. The second-order valence-electron chi connectivity index (χ2n) is 4.61. The van der Waals surface area contributed by atoms with Crippen molar-refractivity contribution in [2.24, 2.45) is 0 Å². The van der Waals surface area contributed by atoms with Gasteiger partial charge in [-0.1, -0.05) is 19.3 Å². The molecule has 2 rings (SSSR count). The van der Waals surface area contributed by atoms with Crippen molar-refractivity contribution in [1.29, 1.82) is 5.26 Å². The van der Waals surface area contributed by atoms with Gasteiger partial charge in [-0.25, -0.2) is 9.97 Å². The lowest BCUT2D eigenvalue weighted by atomic mass is 9.83. The minimum atomic E-state index is 0.0693. The SMILES string of the molecule is CC1(Nc2nccnc2C#N)CCCCC1. The van der Waals surface area contributed by atoms with E-state index in [0.717, 1.165) is 12.8 Å². The molecule has 1 aromatic rings. The number of aromatic nitrogens is 2. The van der Waals surface area contributed by atoms with Gasteiger partial charge in [-0.3, -0.25) is 0 Å². The number of hydrogen-bond acceptors (Lipinski definition) is 4. The Labute approximate surface area is 95.7 Å². The molecule has 1 aliphatic rings. The molecule has 1 aliphatic carbocycles. The molecule has 16 heavy (non-hydrogen) atoms. The van der Waals surface area contributed by atoms with E-state index in [2.05, 4.69) is 28.3 Å². The molecule has 0 aliphatic heterocycles. The fourth-order valence-electron chi connectivity index (χ4n) is 2.25. The normalized spacial score (nSPS) is 18.8. The summed E-state index contributed by atoms with van der Waals surface area (Å²) in [4.78, 5) is 8.20. The number of hydrogen-bond donors (Lipinski definition) is 1. The summed E-state index contributed by atoms with van der Waals surface area (Å²) in [6.07, 6.45) is 9.23. The zero-order valence-corrected chi connectivity index (χ0v) is 9.53. The Balaban J connectivity index is 2.16. The maximum absolute atomic E-state index is 8.94. The molecule has 1 aromatic heterocycles. The fraction of sp³-hybridized carbons (Fsp3) is 0.583. The van der Waals surface area contributed by atoms with Crippen LogP contribution in [0.25, 0.3) is 0 Å².